The Morgan fingerprint density at radius 3 is 2.39 bits per heavy atom. The number of aromatic nitrogens is 1. The number of methoxy groups -OCH3 is 1. The second-order valence-corrected chi connectivity index (χ2v) is 6.82. The summed E-state index contributed by atoms with van der Waals surface area (Å²) < 4.78 is 9.91. The average molecular weight is 393 g/mol. The summed E-state index contributed by atoms with van der Waals surface area (Å²) in [6.07, 6.45) is 3.18. The molecule has 28 heavy (non-hydrogen) atoms. The molecule has 0 aromatic carbocycles. The number of hydrogen-bond acceptors (Lipinski definition) is 6. The van der Waals surface area contributed by atoms with E-state index in [1.54, 1.807) is 6.92 Å². The first kappa shape index (κ1) is 21.5. The van der Waals surface area contributed by atoms with Gasteiger partial charge in [0.05, 0.1) is 12.7 Å². The van der Waals surface area contributed by atoms with Gasteiger partial charge in [-0.3, -0.25) is 10.1 Å². The van der Waals surface area contributed by atoms with Gasteiger partial charge in [0.15, 0.2) is 6.10 Å². The van der Waals surface area contributed by atoms with Crippen molar-refractivity contribution in [1.29, 1.82) is 0 Å². The highest BCUT2D eigenvalue weighted by Gasteiger charge is 2.28. The predicted octanol–water partition coefficient (Wildman–Crippen LogP) is 1.99. The lowest BCUT2D eigenvalue weighted by Crippen LogP contribution is -2.47. The molecular weight excluding hydrogens is 366 g/mol. The number of carbonyl (C=O) groups is 4. The summed E-state index contributed by atoms with van der Waals surface area (Å²) in [7, 11) is 1.26. The molecule has 1 fully saturated rings. The monoisotopic (exact) mass is 393 g/mol. The van der Waals surface area contributed by atoms with Crippen molar-refractivity contribution < 1.29 is 28.7 Å². The number of imide groups is 1. The number of nitrogens with one attached hydrogen (secondary N) is 3. The average Bonchev–Trinajstić information content (AvgIpc) is 3.27. The predicted molar refractivity (Wildman–Crippen MR) is 100 cm³/mol. The van der Waals surface area contributed by atoms with Crippen LogP contribution in [-0.4, -0.2) is 48.1 Å². The normalized spacial score (nSPS) is 15.0. The first-order valence-corrected chi connectivity index (χ1v) is 9.40. The number of esters is 2. The largest absolute Gasteiger partial charge is 0.465 e. The van der Waals surface area contributed by atoms with Crippen molar-refractivity contribution in [2.24, 2.45) is 0 Å². The van der Waals surface area contributed by atoms with Crippen LogP contribution < -0.4 is 10.6 Å². The van der Waals surface area contributed by atoms with E-state index in [0.717, 1.165) is 25.7 Å². The fourth-order valence-electron chi connectivity index (χ4n) is 3.28. The van der Waals surface area contributed by atoms with Crippen molar-refractivity contribution in [1.82, 2.24) is 15.6 Å². The molecule has 0 radical (unpaired) electrons. The van der Waals surface area contributed by atoms with Crippen LogP contribution in [0.15, 0.2) is 0 Å². The van der Waals surface area contributed by atoms with Crippen LogP contribution in [0.2, 0.25) is 0 Å². The van der Waals surface area contributed by atoms with Gasteiger partial charge in [0.1, 0.15) is 5.69 Å². The van der Waals surface area contributed by atoms with Crippen LogP contribution in [0, 0.1) is 6.92 Å². The Balaban J connectivity index is 1.99. The molecule has 0 bridgehead atoms. The summed E-state index contributed by atoms with van der Waals surface area (Å²) in [4.78, 5) is 51.3. The summed E-state index contributed by atoms with van der Waals surface area (Å²) >= 11 is 0. The van der Waals surface area contributed by atoms with Crippen LogP contribution >= 0.6 is 0 Å². The third kappa shape index (κ3) is 4.90. The number of ether oxygens (including phenoxy) is 2. The van der Waals surface area contributed by atoms with Gasteiger partial charge in [-0.25, -0.2) is 14.4 Å². The highest BCUT2D eigenvalue weighted by Crippen LogP contribution is 2.21. The van der Waals surface area contributed by atoms with E-state index in [9.17, 15) is 19.2 Å². The molecule has 154 valence electrons. The maximum Gasteiger partial charge on any atom is 0.355 e. The zero-order valence-corrected chi connectivity index (χ0v) is 16.6. The molecule has 1 heterocycles. The van der Waals surface area contributed by atoms with Gasteiger partial charge in [0, 0.05) is 11.7 Å². The van der Waals surface area contributed by atoms with Gasteiger partial charge in [-0.1, -0.05) is 19.8 Å². The number of hydrogen-bond donors (Lipinski definition) is 3. The molecule has 1 unspecified atom stereocenters. The van der Waals surface area contributed by atoms with Gasteiger partial charge in [-0.15, -0.1) is 0 Å². The van der Waals surface area contributed by atoms with E-state index >= 15 is 0 Å². The van der Waals surface area contributed by atoms with E-state index < -0.39 is 30.0 Å². The molecule has 1 saturated carbocycles. The Bertz CT molecular complexity index is 764. The number of H-pyrrole nitrogens is 1. The Kier molecular flexibility index (Phi) is 7.19. The first-order valence-electron chi connectivity index (χ1n) is 9.40. The fraction of sp³-hybridized carbons (Fsp3) is 0.579. The van der Waals surface area contributed by atoms with E-state index in [1.165, 1.54) is 14.0 Å². The first-order chi connectivity index (χ1) is 13.3. The van der Waals surface area contributed by atoms with E-state index in [0.29, 0.717) is 17.7 Å². The lowest BCUT2D eigenvalue weighted by molar-refractivity contribution is -0.127. The molecule has 9 nitrogen and oxygen atoms in total. The molecule has 3 amide bonds. The Morgan fingerprint density at radius 2 is 1.82 bits per heavy atom. The smallest absolute Gasteiger partial charge is 0.355 e. The number of aromatic amines is 1. The van der Waals surface area contributed by atoms with Gasteiger partial charge in [0.25, 0.3) is 5.91 Å². The number of urea groups is 1. The van der Waals surface area contributed by atoms with Gasteiger partial charge in [0.2, 0.25) is 0 Å². The van der Waals surface area contributed by atoms with E-state index in [4.69, 9.17) is 9.47 Å². The van der Waals surface area contributed by atoms with Crippen LogP contribution in [0.4, 0.5) is 4.79 Å². The minimum Gasteiger partial charge on any atom is -0.465 e. The third-order valence-corrected chi connectivity index (χ3v) is 4.86. The van der Waals surface area contributed by atoms with Crippen molar-refractivity contribution in [3.63, 3.8) is 0 Å². The zero-order chi connectivity index (χ0) is 20.8. The lowest BCUT2D eigenvalue weighted by Gasteiger charge is -2.15. The molecule has 2 rings (SSSR count). The van der Waals surface area contributed by atoms with Crippen LogP contribution in [0.3, 0.4) is 0 Å². The summed E-state index contributed by atoms with van der Waals surface area (Å²) in [5.41, 5.74) is 1.29. The van der Waals surface area contributed by atoms with E-state index in [1.807, 2.05) is 6.92 Å². The van der Waals surface area contributed by atoms with Crippen molar-refractivity contribution in [3.05, 3.63) is 22.5 Å². The standard InChI is InChI=1S/C19H27N3O6/c1-5-13-14(17(24)27-4)10(2)15(21-13)18(25)28-11(3)16(23)22-19(26)20-12-8-6-7-9-12/h11-12,21H,5-9H2,1-4H3,(H2,20,22,23,26). The molecule has 1 aliphatic carbocycles. The molecule has 1 atom stereocenters. The minimum absolute atomic E-state index is 0.0661. The molecule has 3 N–H and O–H groups in total. The van der Waals surface area contributed by atoms with Crippen LogP contribution in [0.5, 0.6) is 0 Å². The van der Waals surface area contributed by atoms with Crippen molar-refractivity contribution in [2.75, 3.05) is 7.11 Å². The van der Waals surface area contributed by atoms with Crippen LogP contribution in [0.1, 0.15) is 71.6 Å². The zero-order valence-electron chi connectivity index (χ0n) is 16.6. The molecule has 1 aromatic heterocycles. The van der Waals surface area contributed by atoms with Crippen molar-refractivity contribution in [2.45, 2.75) is 65.0 Å². The van der Waals surface area contributed by atoms with Gasteiger partial charge in [-0.2, -0.15) is 0 Å². The molecule has 0 spiro atoms. The van der Waals surface area contributed by atoms with E-state index in [-0.39, 0.29) is 17.3 Å². The molecule has 1 aliphatic rings. The highest BCUT2D eigenvalue weighted by molar-refractivity contribution is 6.00. The van der Waals surface area contributed by atoms with Crippen molar-refractivity contribution in [3.8, 4) is 0 Å². The molecule has 9 heteroatoms. The summed E-state index contributed by atoms with van der Waals surface area (Å²) in [5.74, 6) is -2.07. The SMILES string of the molecule is CCc1[nH]c(C(=O)OC(C)C(=O)NC(=O)NC2CCCC2)c(C)c1C(=O)OC. The number of aryl methyl sites for hydroxylation is 1. The third-order valence-electron chi connectivity index (χ3n) is 4.86. The highest BCUT2D eigenvalue weighted by atomic mass is 16.5. The Labute approximate surface area is 163 Å². The fourth-order valence-corrected chi connectivity index (χ4v) is 3.28. The second-order valence-electron chi connectivity index (χ2n) is 6.82. The topological polar surface area (TPSA) is 127 Å². The van der Waals surface area contributed by atoms with Gasteiger partial charge in [-0.05, 0) is 38.7 Å². The van der Waals surface area contributed by atoms with Crippen molar-refractivity contribution >= 4 is 23.9 Å². The summed E-state index contributed by atoms with van der Waals surface area (Å²) in [6.45, 7) is 4.79. The molecular formula is C19H27N3O6. The minimum atomic E-state index is -1.18. The number of amides is 3. The molecule has 0 saturated heterocycles. The maximum absolute atomic E-state index is 12.5. The number of rotatable bonds is 6. The molecule has 0 aliphatic heterocycles. The molecule has 1 aromatic rings. The number of carbonyl (C=O) groups excluding carboxylic acids is 4. The van der Waals surface area contributed by atoms with Crippen LogP contribution in [0.25, 0.3) is 0 Å². The second kappa shape index (κ2) is 9.38. The van der Waals surface area contributed by atoms with Gasteiger partial charge >= 0.3 is 18.0 Å². The maximum atomic E-state index is 12.5. The summed E-state index contributed by atoms with van der Waals surface area (Å²) in [6, 6.07) is -0.534. The Hall–Kier alpha value is -2.84. The summed E-state index contributed by atoms with van der Waals surface area (Å²) in [5, 5.41) is 4.91. The lowest BCUT2D eigenvalue weighted by atomic mass is 10.1. The van der Waals surface area contributed by atoms with Crippen LogP contribution in [-0.2, 0) is 20.7 Å². The Morgan fingerprint density at radius 1 is 1.18 bits per heavy atom. The quantitative estimate of drug-likeness (QED) is 0.635. The van der Waals surface area contributed by atoms with E-state index in [2.05, 4.69) is 15.6 Å². The van der Waals surface area contributed by atoms with Gasteiger partial charge < -0.3 is 19.8 Å².